The van der Waals surface area contributed by atoms with Gasteiger partial charge in [0, 0.05) is 11.9 Å². The highest BCUT2D eigenvalue weighted by Gasteiger charge is 2.18. The number of benzene rings is 1. The number of anilines is 3. The SMILES string of the molecule is Cc1nccc(NC(=O)c2nc(C)sc2Nc2cccc(C#N)c2)n1. The molecule has 2 heterocycles. The van der Waals surface area contributed by atoms with Crippen molar-refractivity contribution in [3.63, 3.8) is 0 Å². The number of amides is 1. The van der Waals surface area contributed by atoms with Crippen molar-refractivity contribution in [1.29, 1.82) is 5.26 Å². The van der Waals surface area contributed by atoms with Gasteiger partial charge < -0.3 is 10.6 Å². The zero-order valence-electron chi connectivity index (χ0n) is 13.6. The minimum absolute atomic E-state index is 0.279. The summed E-state index contributed by atoms with van der Waals surface area (Å²) >= 11 is 1.37. The van der Waals surface area contributed by atoms with Crippen LogP contribution < -0.4 is 10.6 Å². The summed E-state index contributed by atoms with van der Waals surface area (Å²) in [7, 11) is 0. The fourth-order valence-corrected chi connectivity index (χ4v) is 3.00. The van der Waals surface area contributed by atoms with E-state index in [1.54, 1.807) is 37.4 Å². The predicted molar refractivity (Wildman–Crippen MR) is 96.0 cm³/mol. The summed E-state index contributed by atoms with van der Waals surface area (Å²) in [6.45, 7) is 3.57. The lowest BCUT2D eigenvalue weighted by molar-refractivity contribution is 0.102. The molecule has 7 nitrogen and oxygen atoms in total. The monoisotopic (exact) mass is 350 g/mol. The van der Waals surface area contributed by atoms with Crippen molar-refractivity contribution >= 4 is 33.8 Å². The molecule has 0 atom stereocenters. The summed E-state index contributed by atoms with van der Waals surface area (Å²) in [5, 5.41) is 16.2. The Hall–Kier alpha value is -3.31. The summed E-state index contributed by atoms with van der Waals surface area (Å²) in [4.78, 5) is 25.0. The first-order chi connectivity index (χ1) is 12.0. The first-order valence-corrected chi connectivity index (χ1v) is 8.22. The van der Waals surface area contributed by atoms with E-state index in [0.29, 0.717) is 22.2 Å². The zero-order valence-corrected chi connectivity index (χ0v) is 14.4. The lowest BCUT2D eigenvalue weighted by Crippen LogP contribution is -2.15. The van der Waals surface area contributed by atoms with E-state index < -0.39 is 0 Å². The Balaban J connectivity index is 1.85. The van der Waals surface area contributed by atoms with Crippen molar-refractivity contribution < 1.29 is 4.79 Å². The molecular weight excluding hydrogens is 336 g/mol. The minimum atomic E-state index is -0.360. The molecule has 0 fully saturated rings. The molecule has 2 aromatic heterocycles. The van der Waals surface area contributed by atoms with Crippen molar-refractivity contribution in [3.8, 4) is 6.07 Å². The molecule has 0 saturated carbocycles. The average Bonchev–Trinajstić information content (AvgIpc) is 2.95. The van der Waals surface area contributed by atoms with Crippen molar-refractivity contribution in [2.75, 3.05) is 10.6 Å². The van der Waals surface area contributed by atoms with E-state index in [1.807, 2.05) is 13.0 Å². The van der Waals surface area contributed by atoms with Gasteiger partial charge in [-0.2, -0.15) is 5.26 Å². The van der Waals surface area contributed by atoms with E-state index >= 15 is 0 Å². The number of thiazole rings is 1. The largest absolute Gasteiger partial charge is 0.345 e. The van der Waals surface area contributed by atoms with Crippen LogP contribution in [-0.2, 0) is 0 Å². The van der Waals surface area contributed by atoms with Crippen molar-refractivity contribution in [2.45, 2.75) is 13.8 Å². The number of rotatable bonds is 4. The normalized spacial score (nSPS) is 10.1. The van der Waals surface area contributed by atoms with Gasteiger partial charge in [-0.3, -0.25) is 4.79 Å². The van der Waals surface area contributed by atoms with Crippen LogP contribution in [0.4, 0.5) is 16.5 Å². The maximum atomic E-state index is 12.6. The molecule has 0 spiro atoms. The maximum absolute atomic E-state index is 12.6. The van der Waals surface area contributed by atoms with Crippen LogP contribution in [0.25, 0.3) is 0 Å². The molecular formula is C17H14N6OS. The Bertz CT molecular complexity index is 975. The number of nitriles is 1. The van der Waals surface area contributed by atoms with Gasteiger partial charge in [0.2, 0.25) is 0 Å². The van der Waals surface area contributed by atoms with Crippen LogP contribution in [0.3, 0.4) is 0 Å². The zero-order chi connectivity index (χ0) is 17.8. The molecule has 0 aliphatic carbocycles. The van der Waals surface area contributed by atoms with E-state index in [-0.39, 0.29) is 11.6 Å². The van der Waals surface area contributed by atoms with E-state index in [9.17, 15) is 4.79 Å². The molecule has 0 saturated heterocycles. The third kappa shape index (κ3) is 3.97. The van der Waals surface area contributed by atoms with Gasteiger partial charge in [-0.05, 0) is 38.1 Å². The second kappa shape index (κ2) is 7.07. The third-order valence-electron chi connectivity index (χ3n) is 3.22. The van der Waals surface area contributed by atoms with Crippen LogP contribution in [0.15, 0.2) is 36.5 Å². The highest BCUT2D eigenvalue weighted by Crippen LogP contribution is 2.28. The number of hydrogen-bond acceptors (Lipinski definition) is 7. The molecule has 2 N–H and O–H groups in total. The molecule has 3 aromatic rings. The van der Waals surface area contributed by atoms with Crippen LogP contribution >= 0.6 is 11.3 Å². The van der Waals surface area contributed by atoms with Crippen molar-refractivity contribution in [3.05, 3.63) is 58.6 Å². The predicted octanol–water partition coefficient (Wildman–Crippen LogP) is 3.42. The lowest BCUT2D eigenvalue weighted by Gasteiger charge is -2.07. The minimum Gasteiger partial charge on any atom is -0.345 e. The molecule has 25 heavy (non-hydrogen) atoms. The first kappa shape index (κ1) is 16.5. The van der Waals surface area contributed by atoms with Crippen LogP contribution in [0.2, 0.25) is 0 Å². The Labute approximate surface area is 148 Å². The number of aryl methyl sites for hydroxylation is 2. The molecule has 0 aliphatic rings. The van der Waals surface area contributed by atoms with Crippen LogP contribution in [-0.4, -0.2) is 20.9 Å². The van der Waals surface area contributed by atoms with Gasteiger partial charge in [-0.25, -0.2) is 15.0 Å². The molecule has 3 rings (SSSR count). The first-order valence-electron chi connectivity index (χ1n) is 7.41. The molecule has 0 unspecified atom stereocenters. The van der Waals surface area contributed by atoms with Crippen molar-refractivity contribution in [2.24, 2.45) is 0 Å². The Kier molecular flexibility index (Phi) is 4.68. The second-order valence-electron chi connectivity index (χ2n) is 5.17. The summed E-state index contributed by atoms with van der Waals surface area (Å²) in [5.74, 6) is 0.626. The van der Waals surface area contributed by atoms with E-state index in [0.717, 1.165) is 10.7 Å². The van der Waals surface area contributed by atoms with Crippen molar-refractivity contribution in [1.82, 2.24) is 15.0 Å². The number of nitrogens with one attached hydrogen (secondary N) is 2. The molecule has 0 radical (unpaired) electrons. The van der Waals surface area contributed by atoms with Gasteiger partial charge in [-0.1, -0.05) is 6.07 Å². The quantitative estimate of drug-likeness (QED) is 0.747. The summed E-state index contributed by atoms with van der Waals surface area (Å²) in [6, 6.07) is 10.7. The number of carbonyl (C=O) groups excluding carboxylic acids is 1. The summed E-state index contributed by atoms with van der Waals surface area (Å²) in [5.41, 5.74) is 1.53. The van der Waals surface area contributed by atoms with Gasteiger partial charge >= 0.3 is 0 Å². The lowest BCUT2D eigenvalue weighted by atomic mass is 10.2. The molecule has 0 aliphatic heterocycles. The van der Waals surface area contributed by atoms with Gasteiger partial charge in [0.05, 0.1) is 16.6 Å². The highest BCUT2D eigenvalue weighted by molar-refractivity contribution is 7.16. The van der Waals surface area contributed by atoms with Crippen LogP contribution in [0.5, 0.6) is 0 Å². The molecule has 124 valence electrons. The summed E-state index contributed by atoms with van der Waals surface area (Å²) < 4.78 is 0. The van der Waals surface area contributed by atoms with Gasteiger partial charge in [0.15, 0.2) is 5.69 Å². The number of carbonyl (C=O) groups is 1. The second-order valence-corrected chi connectivity index (χ2v) is 6.37. The van der Waals surface area contributed by atoms with Crippen LogP contribution in [0.1, 0.15) is 26.9 Å². The van der Waals surface area contributed by atoms with Gasteiger partial charge in [0.25, 0.3) is 5.91 Å². The number of nitrogens with zero attached hydrogens (tertiary/aromatic N) is 4. The fraction of sp³-hybridized carbons (Fsp3) is 0.118. The molecule has 8 heteroatoms. The Morgan fingerprint density at radius 2 is 2.08 bits per heavy atom. The molecule has 1 amide bonds. The Morgan fingerprint density at radius 3 is 2.84 bits per heavy atom. The number of hydrogen-bond donors (Lipinski definition) is 2. The topological polar surface area (TPSA) is 104 Å². The third-order valence-corrected chi connectivity index (χ3v) is 4.10. The summed E-state index contributed by atoms with van der Waals surface area (Å²) in [6.07, 6.45) is 1.58. The Morgan fingerprint density at radius 1 is 1.24 bits per heavy atom. The average molecular weight is 350 g/mol. The smallest absolute Gasteiger partial charge is 0.278 e. The van der Waals surface area contributed by atoms with E-state index in [4.69, 9.17) is 5.26 Å². The fourth-order valence-electron chi connectivity index (χ4n) is 2.16. The van der Waals surface area contributed by atoms with E-state index in [1.165, 1.54) is 11.3 Å². The molecule has 0 bridgehead atoms. The van der Waals surface area contributed by atoms with E-state index in [2.05, 4.69) is 31.7 Å². The van der Waals surface area contributed by atoms with Gasteiger partial charge in [0.1, 0.15) is 16.6 Å². The standard InChI is InChI=1S/C17H14N6OS/c1-10-19-7-6-14(20-10)23-16(24)15-17(25-11(2)21-15)22-13-5-3-4-12(8-13)9-18/h3-8,22H,1-2H3,(H,19,20,23,24). The van der Waals surface area contributed by atoms with Gasteiger partial charge in [-0.15, -0.1) is 11.3 Å². The van der Waals surface area contributed by atoms with Crippen LogP contribution in [0, 0.1) is 25.2 Å². The molecule has 1 aromatic carbocycles. The maximum Gasteiger partial charge on any atom is 0.278 e. The highest BCUT2D eigenvalue weighted by atomic mass is 32.1. The number of aromatic nitrogens is 3.